The molecule has 6 nitrogen and oxygen atoms in total. The van der Waals surface area contributed by atoms with Crippen LogP contribution in [0.25, 0.3) is 0 Å². The number of hydrogen-bond donors (Lipinski definition) is 1. The smallest absolute Gasteiger partial charge is 0.262 e. The zero-order valence-corrected chi connectivity index (χ0v) is 14.5. The van der Waals surface area contributed by atoms with E-state index >= 15 is 0 Å². The monoisotopic (exact) mass is 368 g/mol. The topological polar surface area (TPSA) is 69.7 Å². The van der Waals surface area contributed by atoms with Crippen molar-refractivity contribution in [1.82, 2.24) is 4.98 Å². The van der Waals surface area contributed by atoms with Crippen LogP contribution in [0.5, 0.6) is 17.2 Å². The first-order valence-electron chi connectivity index (χ1n) is 7.10. The number of ether oxygens (including phenoxy) is 3. The summed E-state index contributed by atoms with van der Waals surface area (Å²) in [6, 6.07) is 5.12. The van der Waals surface area contributed by atoms with Gasteiger partial charge in [-0.1, -0.05) is 23.2 Å². The van der Waals surface area contributed by atoms with Gasteiger partial charge >= 0.3 is 0 Å². The molecule has 1 aromatic heterocycles. The highest BCUT2D eigenvalue weighted by Crippen LogP contribution is 2.36. The number of benzene rings is 1. The van der Waals surface area contributed by atoms with Crippen LogP contribution in [-0.2, 0) is 4.79 Å². The molecule has 0 aliphatic carbocycles. The van der Waals surface area contributed by atoms with Crippen molar-refractivity contribution in [1.29, 1.82) is 0 Å². The van der Waals surface area contributed by atoms with E-state index in [1.165, 1.54) is 0 Å². The Hall–Kier alpha value is -2.18. The van der Waals surface area contributed by atoms with Gasteiger partial charge in [0.1, 0.15) is 10.0 Å². The maximum Gasteiger partial charge on any atom is 0.262 e. The lowest BCUT2D eigenvalue weighted by Crippen LogP contribution is -2.20. The Kier molecular flexibility index (Phi) is 4.69. The molecule has 0 radical (unpaired) electrons. The van der Waals surface area contributed by atoms with Crippen molar-refractivity contribution in [2.45, 2.75) is 13.8 Å². The highest BCUT2D eigenvalue weighted by atomic mass is 35.5. The molecule has 1 aliphatic heterocycles. The molecule has 3 rings (SSSR count). The number of amides is 1. The maximum atomic E-state index is 12.1. The lowest BCUT2D eigenvalue weighted by Gasteiger charge is -2.13. The Labute approximate surface area is 148 Å². The van der Waals surface area contributed by atoms with Crippen molar-refractivity contribution in [2.75, 3.05) is 18.7 Å². The molecule has 0 spiro atoms. The van der Waals surface area contributed by atoms with E-state index in [4.69, 9.17) is 37.4 Å². The third kappa shape index (κ3) is 3.34. The number of carbonyl (C=O) groups excluding carboxylic acids is 1. The van der Waals surface area contributed by atoms with Crippen molar-refractivity contribution < 1.29 is 19.0 Å². The van der Waals surface area contributed by atoms with Crippen molar-refractivity contribution >= 4 is 34.8 Å². The van der Waals surface area contributed by atoms with E-state index in [-0.39, 0.29) is 25.1 Å². The van der Waals surface area contributed by atoms with Gasteiger partial charge in [-0.15, -0.1) is 0 Å². The Morgan fingerprint density at radius 1 is 1.21 bits per heavy atom. The number of pyridine rings is 1. The van der Waals surface area contributed by atoms with Crippen LogP contribution < -0.4 is 19.5 Å². The van der Waals surface area contributed by atoms with Gasteiger partial charge in [0.2, 0.25) is 6.79 Å². The predicted octanol–water partition coefficient (Wildman–Crippen LogP) is 3.75. The van der Waals surface area contributed by atoms with E-state index in [0.717, 1.165) is 0 Å². The first kappa shape index (κ1) is 16.7. The number of rotatable bonds is 4. The predicted molar refractivity (Wildman–Crippen MR) is 90.4 cm³/mol. The number of hydrogen-bond acceptors (Lipinski definition) is 5. The second-order valence-corrected chi connectivity index (χ2v) is 5.90. The van der Waals surface area contributed by atoms with Crippen LogP contribution in [0.4, 0.5) is 5.69 Å². The van der Waals surface area contributed by atoms with Gasteiger partial charge in [-0.25, -0.2) is 0 Å². The van der Waals surface area contributed by atoms with E-state index in [0.29, 0.717) is 38.6 Å². The van der Waals surface area contributed by atoms with E-state index in [9.17, 15) is 4.79 Å². The van der Waals surface area contributed by atoms with Crippen LogP contribution in [0.3, 0.4) is 0 Å². The van der Waals surface area contributed by atoms with E-state index in [1.54, 1.807) is 32.0 Å². The van der Waals surface area contributed by atoms with Crippen LogP contribution in [-0.4, -0.2) is 24.3 Å². The molecule has 1 aromatic carbocycles. The average Bonchev–Trinajstić information content (AvgIpc) is 3.00. The Bertz CT molecular complexity index is 785. The number of nitrogens with one attached hydrogen (secondary N) is 1. The molecule has 0 bridgehead atoms. The van der Waals surface area contributed by atoms with Crippen molar-refractivity contribution in [2.24, 2.45) is 0 Å². The summed E-state index contributed by atoms with van der Waals surface area (Å²) >= 11 is 12.3. The van der Waals surface area contributed by atoms with Crippen molar-refractivity contribution in [3.8, 4) is 17.2 Å². The number of anilines is 1. The van der Waals surface area contributed by atoms with Gasteiger partial charge in [-0.2, -0.15) is 0 Å². The Morgan fingerprint density at radius 3 is 2.58 bits per heavy atom. The summed E-state index contributed by atoms with van der Waals surface area (Å²) in [5, 5.41) is 3.29. The highest BCUT2D eigenvalue weighted by molar-refractivity contribution is 6.37. The molecule has 2 aromatic rings. The molecule has 24 heavy (non-hydrogen) atoms. The van der Waals surface area contributed by atoms with Crippen molar-refractivity contribution in [3.63, 3.8) is 0 Å². The lowest BCUT2D eigenvalue weighted by atomic mass is 10.3. The van der Waals surface area contributed by atoms with Crippen LogP contribution in [0.1, 0.15) is 11.4 Å². The molecule has 0 saturated carbocycles. The van der Waals surface area contributed by atoms with Gasteiger partial charge < -0.3 is 19.5 Å². The zero-order chi connectivity index (χ0) is 17.3. The van der Waals surface area contributed by atoms with Crippen LogP contribution >= 0.6 is 23.2 Å². The highest BCUT2D eigenvalue weighted by Gasteiger charge is 2.17. The van der Waals surface area contributed by atoms with Gasteiger partial charge in [-0.3, -0.25) is 9.78 Å². The lowest BCUT2D eigenvalue weighted by molar-refractivity contribution is -0.118. The standard InChI is InChI=1S/C16H14Cl2N2O4/c1-8-14(17)16(15(18)9(2)19-8)22-6-13(21)20-10-3-4-11-12(5-10)24-7-23-11/h3-5H,6-7H2,1-2H3,(H,20,21). The number of carbonyl (C=O) groups is 1. The average molecular weight is 369 g/mol. The summed E-state index contributed by atoms with van der Waals surface area (Å²) in [5.41, 5.74) is 1.75. The maximum absolute atomic E-state index is 12.1. The van der Waals surface area contributed by atoms with Gasteiger partial charge in [0.05, 0.1) is 11.4 Å². The van der Waals surface area contributed by atoms with Crippen LogP contribution in [0.2, 0.25) is 10.0 Å². The number of nitrogens with zero attached hydrogens (tertiary/aromatic N) is 1. The Balaban J connectivity index is 1.66. The summed E-state index contributed by atoms with van der Waals surface area (Å²) in [6.07, 6.45) is 0. The number of fused-ring (bicyclic) bond motifs is 1. The summed E-state index contributed by atoms with van der Waals surface area (Å²) in [6.45, 7) is 3.42. The molecule has 126 valence electrons. The normalized spacial score (nSPS) is 12.2. The molecule has 1 N–H and O–H groups in total. The SMILES string of the molecule is Cc1nc(C)c(Cl)c(OCC(=O)Nc2ccc3c(c2)OCO3)c1Cl. The van der Waals surface area contributed by atoms with Gasteiger partial charge in [-0.05, 0) is 26.0 Å². The fourth-order valence-corrected chi connectivity index (χ4v) is 2.64. The quantitative estimate of drug-likeness (QED) is 0.889. The molecular formula is C16H14Cl2N2O4. The second kappa shape index (κ2) is 6.75. The minimum absolute atomic E-state index is 0.174. The number of aryl methyl sites for hydroxylation is 2. The molecule has 0 fully saturated rings. The molecule has 1 amide bonds. The number of aromatic nitrogens is 1. The summed E-state index contributed by atoms with van der Waals surface area (Å²) in [7, 11) is 0. The van der Waals surface area contributed by atoms with Gasteiger partial charge in [0, 0.05) is 11.8 Å². The molecule has 0 atom stereocenters. The summed E-state index contributed by atoms with van der Waals surface area (Å²) in [4.78, 5) is 16.3. The molecule has 8 heteroatoms. The molecule has 0 saturated heterocycles. The first-order chi connectivity index (χ1) is 11.5. The second-order valence-electron chi connectivity index (χ2n) is 5.14. The van der Waals surface area contributed by atoms with Crippen LogP contribution in [0, 0.1) is 13.8 Å². The first-order valence-corrected chi connectivity index (χ1v) is 7.86. The van der Waals surface area contributed by atoms with Gasteiger partial charge in [0.15, 0.2) is 23.9 Å². The van der Waals surface area contributed by atoms with E-state index in [2.05, 4.69) is 10.3 Å². The minimum Gasteiger partial charge on any atom is -0.480 e. The van der Waals surface area contributed by atoms with E-state index < -0.39 is 0 Å². The largest absolute Gasteiger partial charge is 0.480 e. The zero-order valence-electron chi connectivity index (χ0n) is 13.0. The molecule has 2 heterocycles. The van der Waals surface area contributed by atoms with Crippen molar-refractivity contribution in [3.05, 3.63) is 39.6 Å². The third-order valence-corrected chi connectivity index (χ3v) is 4.26. The Morgan fingerprint density at radius 2 is 1.88 bits per heavy atom. The number of halogens is 2. The van der Waals surface area contributed by atoms with Gasteiger partial charge in [0.25, 0.3) is 5.91 Å². The molecular weight excluding hydrogens is 355 g/mol. The molecule has 0 unspecified atom stereocenters. The summed E-state index contributed by atoms with van der Waals surface area (Å²) < 4.78 is 16.0. The minimum atomic E-state index is -0.354. The fraction of sp³-hybridized carbons (Fsp3) is 0.250. The summed E-state index contributed by atoms with van der Waals surface area (Å²) in [5.74, 6) is 1.13. The third-order valence-electron chi connectivity index (χ3n) is 3.37. The molecule has 1 aliphatic rings. The van der Waals surface area contributed by atoms with E-state index in [1.807, 2.05) is 0 Å². The van der Waals surface area contributed by atoms with Crippen LogP contribution in [0.15, 0.2) is 18.2 Å². The fourth-order valence-electron chi connectivity index (χ4n) is 2.21.